The van der Waals surface area contributed by atoms with E-state index in [1.165, 1.54) is 6.42 Å². The average molecular weight is 203 g/mol. The van der Waals surface area contributed by atoms with Crippen LogP contribution in [0.3, 0.4) is 0 Å². The second kappa shape index (κ2) is 8.25. The van der Waals surface area contributed by atoms with Crippen LogP contribution in [0.4, 0.5) is 0 Å². The van der Waals surface area contributed by atoms with E-state index in [1.54, 1.807) is 0 Å². The van der Waals surface area contributed by atoms with Crippen LogP contribution in [0.25, 0.3) is 0 Å². The van der Waals surface area contributed by atoms with Crippen molar-refractivity contribution in [3.8, 4) is 0 Å². The summed E-state index contributed by atoms with van der Waals surface area (Å²) in [6.45, 7) is 12.9. The van der Waals surface area contributed by atoms with Gasteiger partial charge in [-0.15, -0.1) is 0 Å². The molecule has 1 unspecified atom stereocenters. The quantitative estimate of drug-likeness (QED) is 0.708. The molecule has 0 bridgehead atoms. The number of likely N-dealkylation sites (N-methyl/N-ethyl adjacent to an activating group) is 1. The minimum Gasteiger partial charge on any atom is -0.389 e. The van der Waals surface area contributed by atoms with Gasteiger partial charge in [0.15, 0.2) is 0 Å². The maximum atomic E-state index is 9.65. The first-order valence-electron chi connectivity index (χ1n) is 5.94. The van der Waals surface area contributed by atoms with E-state index in [1.807, 2.05) is 41.5 Å². The van der Waals surface area contributed by atoms with E-state index in [4.69, 9.17) is 0 Å². The fourth-order valence-electron chi connectivity index (χ4n) is 1.80. The summed E-state index contributed by atoms with van der Waals surface area (Å²) in [5.41, 5.74) is -0.523. The van der Waals surface area contributed by atoms with E-state index in [9.17, 15) is 5.11 Å². The molecule has 14 heavy (non-hydrogen) atoms. The smallest absolute Gasteiger partial charge is 0.0746 e. The van der Waals surface area contributed by atoms with Crippen LogP contribution in [0.15, 0.2) is 0 Å². The largest absolute Gasteiger partial charge is 0.389 e. The summed E-state index contributed by atoms with van der Waals surface area (Å²) in [6.07, 6.45) is 2.37. The molecule has 0 spiro atoms. The topological polar surface area (TPSA) is 23.5 Å². The number of nitrogens with zero attached hydrogens (tertiary/aromatic N) is 1. The van der Waals surface area contributed by atoms with Crippen molar-refractivity contribution in [2.24, 2.45) is 0 Å². The van der Waals surface area contributed by atoms with Gasteiger partial charge in [0.25, 0.3) is 0 Å². The molecule has 1 heterocycles. The van der Waals surface area contributed by atoms with Crippen molar-refractivity contribution in [3.63, 3.8) is 0 Å². The standard InChI is InChI=1S/C8H17NO.2C2H6/c1-8(2,10)7-5-4-6-9(7)3;2*1-2/h7,10H,4-6H2,1-3H3;2*1-2H3. The summed E-state index contributed by atoms with van der Waals surface area (Å²) < 4.78 is 0. The van der Waals surface area contributed by atoms with E-state index < -0.39 is 5.60 Å². The summed E-state index contributed by atoms with van der Waals surface area (Å²) in [5, 5.41) is 9.65. The molecule has 1 rings (SSSR count). The van der Waals surface area contributed by atoms with Crippen molar-refractivity contribution in [2.75, 3.05) is 13.6 Å². The molecule has 0 amide bonds. The second-order valence-electron chi connectivity index (χ2n) is 3.79. The van der Waals surface area contributed by atoms with Crippen molar-refractivity contribution in [1.82, 2.24) is 4.90 Å². The zero-order valence-corrected chi connectivity index (χ0v) is 11.1. The molecule has 0 aromatic heterocycles. The number of hydrogen-bond acceptors (Lipinski definition) is 2. The second-order valence-corrected chi connectivity index (χ2v) is 3.79. The van der Waals surface area contributed by atoms with E-state index in [-0.39, 0.29) is 0 Å². The molecule has 1 atom stereocenters. The first kappa shape index (κ1) is 16.4. The third-order valence-electron chi connectivity index (χ3n) is 2.34. The van der Waals surface area contributed by atoms with Gasteiger partial charge in [-0.05, 0) is 40.3 Å². The number of rotatable bonds is 1. The van der Waals surface area contributed by atoms with Gasteiger partial charge >= 0.3 is 0 Å². The van der Waals surface area contributed by atoms with Crippen molar-refractivity contribution in [3.05, 3.63) is 0 Å². The molecule has 0 saturated carbocycles. The van der Waals surface area contributed by atoms with Gasteiger partial charge in [0.2, 0.25) is 0 Å². The summed E-state index contributed by atoms with van der Waals surface area (Å²) in [5.74, 6) is 0. The highest BCUT2D eigenvalue weighted by molar-refractivity contribution is 4.88. The molecule has 0 aliphatic carbocycles. The lowest BCUT2D eigenvalue weighted by Crippen LogP contribution is -2.43. The van der Waals surface area contributed by atoms with Gasteiger partial charge in [-0.25, -0.2) is 0 Å². The first-order chi connectivity index (χ1) is 6.52. The maximum absolute atomic E-state index is 9.65. The molecule has 2 heteroatoms. The average Bonchev–Trinajstić information content (AvgIpc) is 2.58. The Morgan fingerprint density at radius 1 is 1.14 bits per heavy atom. The molecular weight excluding hydrogens is 174 g/mol. The van der Waals surface area contributed by atoms with Crippen LogP contribution in [0.5, 0.6) is 0 Å². The summed E-state index contributed by atoms with van der Waals surface area (Å²) >= 11 is 0. The number of aliphatic hydroxyl groups is 1. The van der Waals surface area contributed by atoms with Gasteiger partial charge in [0, 0.05) is 6.04 Å². The minimum atomic E-state index is -0.523. The van der Waals surface area contributed by atoms with Gasteiger partial charge in [0.05, 0.1) is 5.60 Å². The maximum Gasteiger partial charge on any atom is 0.0746 e. The highest BCUT2D eigenvalue weighted by atomic mass is 16.3. The first-order valence-corrected chi connectivity index (χ1v) is 5.94. The number of likely N-dealkylation sites (tertiary alicyclic amines) is 1. The Balaban J connectivity index is 0. The molecule has 0 aromatic rings. The van der Waals surface area contributed by atoms with Crippen LogP contribution in [-0.2, 0) is 0 Å². The lowest BCUT2D eigenvalue weighted by molar-refractivity contribution is 0.00607. The Hall–Kier alpha value is -0.0800. The monoisotopic (exact) mass is 203 g/mol. The Morgan fingerprint density at radius 3 is 1.71 bits per heavy atom. The van der Waals surface area contributed by atoms with E-state index in [0.717, 1.165) is 13.0 Å². The van der Waals surface area contributed by atoms with E-state index in [2.05, 4.69) is 11.9 Å². The highest BCUT2D eigenvalue weighted by Crippen LogP contribution is 2.24. The molecular formula is C12H29NO. The fourth-order valence-corrected chi connectivity index (χ4v) is 1.80. The minimum absolute atomic E-state index is 0.368. The number of hydrogen-bond donors (Lipinski definition) is 1. The Bertz CT molecular complexity index is 118. The van der Waals surface area contributed by atoms with Crippen molar-refractivity contribution >= 4 is 0 Å². The molecule has 1 N–H and O–H groups in total. The molecule has 2 nitrogen and oxygen atoms in total. The third-order valence-corrected chi connectivity index (χ3v) is 2.34. The van der Waals surface area contributed by atoms with Crippen molar-refractivity contribution in [1.29, 1.82) is 0 Å². The highest BCUT2D eigenvalue weighted by Gasteiger charge is 2.33. The molecule has 1 aliphatic heterocycles. The Kier molecular flexibility index (Phi) is 9.63. The third kappa shape index (κ3) is 5.61. The van der Waals surface area contributed by atoms with Crippen molar-refractivity contribution < 1.29 is 5.11 Å². The van der Waals surface area contributed by atoms with Gasteiger partial charge in [0.1, 0.15) is 0 Å². The van der Waals surface area contributed by atoms with Gasteiger partial charge in [-0.2, -0.15) is 0 Å². The summed E-state index contributed by atoms with van der Waals surface area (Å²) in [4.78, 5) is 2.24. The van der Waals surface area contributed by atoms with Crippen LogP contribution < -0.4 is 0 Å². The molecule has 1 aliphatic rings. The Labute approximate surface area is 90.3 Å². The lowest BCUT2D eigenvalue weighted by atomic mass is 9.97. The fraction of sp³-hybridized carbons (Fsp3) is 1.00. The van der Waals surface area contributed by atoms with Gasteiger partial charge in [-0.3, -0.25) is 0 Å². The van der Waals surface area contributed by atoms with Gasteiger partial charge < -0.3 is 10.0 Å². The van der Waals surface area contributed by atoms with Crippen LogP contribution in [-0.4, -0.2) is 35.2 Å². The SMILES string of the molecule is CC.CC.CN1CCCC1C(C)(C)O. The van der Waals surface area contributed by atoms with Crippen LogP contribution >= 0.6 is 0 Å². The lowest BCUT2D eigenvalue weighted by Gasteiger charge is -2.31. The summed E-state index contributed by atoms with van der Waals surface area (Å²) in [7, 11) is 2.08. The van der Waals surface area contributed by atoms with Crippen LogP contribution in [0, 0.1) is 0 Å². The summed E-state index contributed by atoms with van der Waals surface area (Å²) in [6, 6.07) is 0.368. The zero-order valence-electron chi connectivity index (χ0n) is 11.1. The van der Waals surface area contributed by atoms with E-state index in [0.29, 0.717) is 6.04 Å². The van der Waals surface area contributed by atoms with Crippen LogP contribution in [0.2, 0.25) is 0 Å². The van der Waals surface area contributed by atoms with E-state index >= 15 is 0 Å². The molecule has 88 valence electrons. The van der Waals surface area contributed by atoms with Crippen molar-refractivity contribution in [2.45, 2.75) is 66.0 Å². The van der Waals surface area contributed by atoms with Crippen LogP contribution in [0.1, 0.15) is 54.4 Å². The molecule has 1 fully saturated rings. The molecule has 1 saturated heterocycles. The normalized spacial score (nSPS) is 21.9. The van der Waals surface area contributed by atoms with Gasteiger partial charge in [-0.1, -0.05) is 27.7 Å². The zero-order chi connectivity index (χ0) is 11.8. The predicted octanol–water partition coefficient (Wildman–Crippen LogP) is 2.90. The molecule has 0 radical (unpaired) electrons. The molecule has 0 aromatic carbocycles. The Morgan fingerprint density at radius 2 is 1.57 bits per heavy atom. The predicted molar refractivity (Wildman–Crippen MR) is 64.6 cm³/mol.